The van der Waals surface area contributed by atoms with E-state index in [4.69, 9.17) is 15.6 Å². The Morgan fingerprint density at radius 1 is 1.59 bits per heavy atom. The largest absolute Gasteiger partial charge is 0.481 e. The van der Waals surface area contributed by atoms with E-state index in [0.717, 1.165) is 12.8 Å². The highest BCUT2D eigenvalue weighted by Crippen LogP contribution is 2.24. The molecular formula is C11H20N2O4. The maximum Gasteiger partial charge on any atom is 0.305 e. The molecule has 1 rings (SSSR count). The molecule has 1 aliphatic heterocycles. The molecule has 0 aliphatic carbocycles. The fourth-order valence-electron chi connectivity index (χ4n) is 2.07. The first-order chi connectivity index (χ1) is 7.88. The molecule has 0 bridgehead atoms. The lowest BCUT2D eigenvalue weighted by Gasteiger charge is -2.40. The molecule has 1 fully saturated rings. The minimum atomic E-state index is -1.06. The number of methoxy groups -OCH3 is 1. The Kier molecular flexibility index (Phi) is 4.47. The van der Waals surface area contributed by atoms with Gasteiger partial charge in [0.25, 0.3) is 0 Å². The van der Waals surface area contributed by atoms with Crippen molar-refractivity contribution in [3.8, 4) is 0 Å². The van der Waals surface area contributed by atoms with Crippen LogP contribution in [-0.4, -0.2) is 53.7 Å². The van der Waals surface area contributed by atoms with Gasteiger partial charge in [-0.15, -0.1) is 0 Å². The van der Waals surface area contributed by atoms with E-state index in [2.05, 4.69) is 0 Å². The molecule has 1 amide bonds. The SMILES string of the molecule is COC1(C)CCCN(C(=O)C(N)CC(=O)O)C1. The van der Waals surface area contributed by atoms with Crippen molar-refractivity contribution in [2.45, 2.75) is 37.8 Å². The Labute approximate surface area is 101 Å². The van der Waals surface area contributed by atoms with E-state index in [1.807, 2.05) is 6.92 Å². The number of rotatable bonds is 4. The summed E-state index contributed by atoms with van der Waals surface area (Å²) in [7, 11) is 1.62. The third kappa shape index (κ3) is 3.67. The molecule has 98 valence electrons. The highest BCUT2D eigenvalue weighted by molar-refractivity contribution is 5.86. The Balaban J connectivity index is 2.60. The number of carbonyl (C=O) groups is 2. The van der Waals surface area contributed by atoms with Crippen molar-refractivity contribution in [1.82, 2.24) is 4.90 Å². The summed E-state index contributed by atoms with van der Waals surface area (Å²) in [5.41, 5.74) is 5.22. The Morgan fingerprint density at radius 2 is 2.24 bits per heavy atom. The van der Waals surface area contributed by atoms with Gasteiger partial charge in [0, 0.05) is 20.2 Å². The van der Waals surface area contributed by atoms with Crippen LogP contribution in [0, 0.1) is 0 Å². The van der Waals surface area contributed by atoms with Gasteiger partial charge in [-0.25, -0.2) is 0 Å². The monoisotopic (exact) mass is 244 g/mol. The third-order valence-corrected chi connectivity index (χ3v) is 3.18. The molecule has 0 aromatic heterocycles. The summed E-state index contributed by atoms with van der Waals surface area (Å²) in [6.45, 7) is 3.02. The quantitative estimate of drug-likeness (QED) is 0.715. The van der Waals surface area contributed by atoms with Crippen molar-refractivity contribution in [3.63, 3.8) is 0 Å². The lowest BCUT2D eigenvalue weighted by molar-refractivity contribution is -0.145. The molecule has 1 aliphatic rings. The van der Waals surface area contributed by atoms with Crippen molar-refractivity contribution in [2.75, 3.05) is 20.2 Å². The van der Waals surface area contributed by atoms with Crippen molar-refractivity contribution >= 4 is 11.9 Å². The van der Waals surface area contributed by atoms with Crippen LogP contribution in [0.2, 0.25) is 0 Å². The summed E-state index contributed by atoms with van der Waals surface area (Å²) in [4.78, 5) is 24.0. The zero-order chi connectivity index (χ0) is 13.1. The van der Waals surface area contributed by atoms with Gasteiger partial charge in [0.05, 0.1) is 18.1 Å². The summed E-state index contributed by atoms with van der Waals surface area (Å²) in [5, 5.41) is 8.60. The number of carbonyl (C=O) groups excluding carboxylic acids is 1. The summed E-state index contributed by atoms with van der Waals surface area (Å²) in [5.74, 6) is -1.37. The van der Waals surface area contributed by atoms with Crippen LogP contribution in [0.25, 0.3) is 0 Å². The van der Waals surface area contributed by atoms with Crippen LogP contribution >= 0.6 is 0 Å². The molecule has 2 unspecified atom stereocenters. The van der Waals surface area contributed by atoms with Gasteiger partial charge in [-0.2, -0.15) is 0 Å². The first-order valence-electron chi connectivity index (χ1n) is 5.69. The topological polar surface area (TPSA) is 92.9 Å². The highest BCUT2D eigenvalue weighted by atomic mass is 16.5. The molecule has 0 radical (unpaired) electrons. The maximum atomic E-state index is 11.9. The van der Waals surface area contributed by atoms with Crippen LogP contribution in [-0.2, 0) is 14.3 Å². The highest BCUT2D eigenvalue weighted by Gasteiger charge is 2.34. The van der Waals surface area contributed by atoms with Gasteiger partial charge in [-0.3, -0.25) is 9.59 Å². The molecule has 0 saturated carbocycles. The Hall–Kier alpha value is -1.14. The third-order valence-electron chi connectivity index (χ3n) is 3.18. The second-order valence-corrected chi connectivity index (χ2v) is 4.72. The lowest BCUT2D eigenvalue weighted by atomic mass is 9.94. The number of piperidine rings is 1. The number of carboxylic acid groups (broad SMARTS) is 1. The second-order valence-electron chi connectivity index (χ2n) is 4.72. The number of ether oxygens (including phenoxy) is 1. The summed E-state index contributed by atoms with van der Waals surface area (Å²) in [6.07, 6.45) is 1.40. The standard InChI is InChI=1S/C11H20N2O4/c1-11(17-2)4-3-5-13(7-11)10(16)8(12)6-9(14)15/h8H,3-7,12H2,1-2H3,(H,14,15). The number of carboxylic acids is 1. The molecule has 0 spiro atoms. The van der Waals surface area contributed by atoms with Crippen molar-refractivity contribution < 1.29 is 19.4 Å². The molecule has 6 heteroatoms. The van der Waals surface area contributed by atoms with E-state index in [9.17, 15) is 9.59 Å². The number of nitrogens with two attached hydrogens (primary N) is 1. The number of aliphatic carboxylic acids is 1. The fourth-order valence-corrected chi connectivity index (χ4v) is 2.07. The van der Waals surface area contributed by atoms with E-state index in [1.165, 1.54) is 0 Å². The van der Waals surface area contributed by atoms with Gasteiger partial charge >= 0.3 is 5.97 Å². The van der Waals surface area contributed by atoms with Crippen LogP contribution in [0.3, 0.4) is 0 Å². The summed E-state index contributed by atoms with van der Waals surface area (Å²) in [6, 6.07) is -0.966. The number of hydrogen-bond donors (Lipinski definition) is 2. The number of hydrogen-bond acceptors (Lipinski definition) is 4. The summed E-state index contributed by atoms with van der Waals surface area (Å²) < 4.78 is 5.37. The molecule has 2 atom stereocenters. The zero-order valence-electron chi connectivity index (χ0n) is 10.3. The lowest BCUT2D eigenvalue weighted by Crippen LogP contribution is -2.54. The molecule has 1 heterocycles. The molecule has 17 heavy (non-hydrogen) atoms. The summed E-state index contributed by atoms with van der Waals surface area (Å²) >= 11 is 0. The molecule has 0 aromatic carbocycles. The second kappa shape index (κ2) is 5.46. The van der Waals surface area contributed by atoms with E-state index in [0.29, 0.717) is 13.1 Å². The molecule has 6 nitrogen and oxygen atoms in total. The molecular weight excluding hydrogens is 224 g/mol. The Bertz CT molecular complexity index is 308. The average Bonchev–Trinajstić information content (AvgIpc) is 2.27. The first kappa shape index (κ1) is 13.9. The van der Waals surface area contributed by atoms with Crippen LogP contribution in [0.5, 0.6) is 0 Å². The smallest absolute Gasteiger partial charge is 0.305 e. The van der Waals surface area contributed by atoms with Crippen molar-refractivity contribution in [2.24, 2.45) is 5.73 Å². The van der Waals surface area contributed by atoms with E-state index >= 15 is 0 Å². The van der Waals surface area contributed by atoms with Crippen LogP contribution < -0.4 is 5.73 Å². The molecule has 3 N–H and O–H groups in total. The van der Waals surface area contributed by atoms with Gasteiger partial charge in [0.1, 0.15) is 0 Å². The van der Waals surface area contributed by atoms with Crippen molar-refractivity contribution in [1.29, 1.82) is 0 Å². The van der Waals surface area contributed by atoms with Gasteiger partial charge in [-0.05, 0) is 19.8 Å². The van der Waals surface area contributed by atoms with Gasteiger partial charge < -0.3 is 20.5 Å². The fraction of sp³-hybridized carbons (Fsp3) is 0.818. The van der Waals surface area contributed by atoms with Crippen molar-refractivity contribution in [3.05, 3.63) is 0 Å². The predicted molar refractivity (Wildman–Crippen MR) is 61.5 cm³/mol. The minimum absolute atomic E-state index is 0.310. The average molecular weight is 244 g/mol. The number of likely N-dealkylation sites (tertiary alicyclic amines) is 1. The molecule has 1 saturated heterocycles. The first-order valence-corrected chi connectivity index (χ1v) is 5.69. The molecule has 0 aromatic rings. The van der Waals surface area contributed by atoms with Crippen LogP contribution in [0.4, 0.5) is 0 Å². The van der Waals surface area contributed by atoms with Crippen LogP contribution in [0.15, 0.2) is 0 Å². The van der Waals surface area contributed by atoms with E-state index in [1.54, 1.807) is 12.0 Å². The van der Waals surface area contributed by atoms with Crippen LogP contribution in [0.1, 0.15) is 26.2 Å². The number of amides is 1. The maximum absolute atomic E-state index is 11.9. The van der Waals surface area contributed by atoms with Gasteiger partial charge in [0.2, 0.25) is 5.91 Å². The number of nitrogens with zero attached hydrogens (tertiary/aromatic N) is 1. The zero-order valence-corrected chi connectivity index (χ0v) is 10.3. The van der Waals surface area contributed by atoms with Gasteiger partial charge in [0.15, 0.2) is 0 Å². The van der Waals surface area contributed by atoms with E-state index < -0.39 is 12.0 Å². The van der Waals surface area contributed by atoms with Gasteiger partial charge in [-0.1, -0.05) is 0 Å². The van der Waals surface area contributed by atoms with E-state index in [-0.39, 0.29) is 17.9 Å². The Morgan fingerprint density at radius 3 is 2.76 bits per heavy atom. The predicted octanol–water partition coefficient (Wildman–Crippen LogP) is -0.184. The normalized spacial score (nSPS) is 26.6. The minimum Gasteiger partial charge on any atom is -0.481 e.